The van der Waals surface area contributed by atoms with E-state index in [1.807, 2.05) is 0 Å². The maximum absolute atomic E-state index is 10.6. The topological polar surface area (TPSA) is 62.5 Å². The number of benzene rings is 1. The highest BCUT2D eigenvalue weighted by Gasteiger charge is 2.43. The number of hydrogen-bond donors (Lipinski definition) is 1. The molecule has 1 atom stereocenters. The summed E-state index contributed by atoms with van der Waals surface area (Å²) in [6.45, 7) is 0. The first kappa shape index (κ1) is 15.0. The smallest absolute Gasteiger partial charge is 0.179 e. The lowest BCUT2D eigenvalue weighted by Gasteiger charge is -2.28. The molecule has 1 aliphatic rings. The van der Waals surface area contributed by atoms with Crippen molar-refractivity contribution < 1.29 is 14.6 Å². The fourth-order valence-electron chi connectivity index (χ4n) is 2.87. The first-order valence-corrected chi connectivity index (χ1v) is 6.97. The van der Waals surface area contributed by atoms with Crippen LogP contribution in [0.15, 0.2) is 12.1 Å². The van der Waals surface area contributed by atoms with Gasteiger partial charge in [0, 0.05) is 5.56 Å². The van der Waals surface area contributed by atoms with E-state index < -0.39 is 11.5 Å². The Balaban J connectivity index is 2.45. The zero-order valence-electron chi connectivity index (χ0n) is 11.6. The zero-order valence-corrected chi connectivity index (χ0v) is 12.4. The fourth-order valence-corrected chi connectivity index (χ4v) is 3.20. The Kier molecular flexibility index (Phi) is 4.42. The summed E-state index contributed by atoms with van der Waals surface area (Å²) >= 11 is 6.31. The minimum atomic E-state index is -0.915. The van der Waals surface area contributed by atoms with Crippen LogP contribution < -0.4 is 9.47 Å². The van der Waals surface area contributed by atoms with Crippen LogP contribution in [0, 0.1) is 16.7 Å². The Bertz CT molecular complexity index is 533. The van der Waals surface area contributed by atoms with Crippen LogP contribution in [0.5, 0.6) is 11.5 Å². The molecule has 1 aromatic carbocycles. The lowest BCUT2D eigenvalue weighted by molar-refractivity contribution is 0.0669. The van der Waals surface area contributed by atoms with Crippen LogP contribution in [-0.2, 0) is 0 Å². The van der Waals surface area contributed by atoms with E-state index in [2.05, 4.69) is 6.07 Å². The molecule has 1 N–H and O–H groups in total. The van der Waals surface area contributed by atoms with Crippen molar-refractivity contribution in [1.29, 1.82) is 5.26 Å². The lowest BCUT2D eigenvalue weighted by Crippen LogP contribution is -2.24. The van der Waals surface area contributed by atoms with Gasteiger partial charge in [0.05, 0.1) is 36.8 Å². The standard InChI is InChI=1S/C15H18ClNO3/c1-19-11-6-5-10(12(16)13(11)20-2)14(18)15(9-17)7-3-4-8-15/h5-6,14,18H,3-4,7-8H2,1-2H3. The molecule has 0 spiro atoms. The van der Waals surface area contributed by atoms with Crippen LogP contribution >= 0.6 is 11.6 Å². The molecule has 5 heteroatoms. The van der Waals surface area contributed by atoms with E-state index in [9.17, 15) is 10.4 Å². The number of rotatable bonds is 4. The summed E-state index contributed by atoms with van der Waals surface area (Å²) in [5.74, 6) is 0.891. The molecule has 0 saturated heterocycles. The van der Waals surface area contributed by atoms with Crippen molar-refractivity contribution in [3.63, 3.8) is 0 Å². The molecule has 0 aromatic heterocycles. The monoisotopic (exact) mass is 295 g/mol. The van der Waals surface area contributed by atoms with Crippen LogP contribution in [0.4, 0.5) is 0 Å². The van der Waals surface area contributed by atoms with E-state index in [1.54, 1.807) is 12.1 Å². The van der Waals surface area contributed by atoms with Gasteiger partial charge in [0.15, 0.2) is 11.5 Å². The maximum atomic E-state index is 10.6. The molecule has 0 heterocycles. The molecule has 1 saturated carbocycles. The van der Waals surface area contributed by atoms with Gasteiger partial charge in [-0.1, -0.05) is 30.5 Å². The quantitative estimate of drug-likeness (QED) is 0.924. The van der Waals surface area contributed by atoms with Crippen molar-refractivity contribution in [3.8, 4) is 17.6 Å². The third-order valence-electron chi connectivity index (χ3n) is 4.05. The number of methoxy groups -OCH3 is 2. The van der Waals surface area contributed by atoms with Crippen LogP contribution in [0.2, 0.25) is 5.02 Å². The van der Waals surface area contributed by atoms with Gasteiger partial charge in [-0.2, -0.15) is 5.26 Å². The van der Waals surface area contributed by atoms with Crippen LogP contribution in [0.3, 0.4) is 0 Å². The fraction of sp³-hybridized carbons (Fsp3) is 0.533. The average molecular weight is 296 g/mol. The molecule has 1 aromatic rings. The highest BCUT2D eigenvalue weighted by Crippen LogP contribution is 2.50. The van der Waals surface area contributed by atoms with Crippen LogP contribution in [0.1, 0.15) is 37.4 Å². The van der Waals surface area contributed by atoms with Crippen LogP contribution in [-0.4, -0.2) is 19.3 Å². The Morgan fingerprint density at radius 3 is 2.45 bits per heavy atom. The molecule has 4 nitrogen and oxygen atoms in total. The molecule has 1 fully saturated rings. The van der Waals surface area contributed by atoms with Crippen molar-refractivity contribution in [2.75, 3.05) is 14.2 Å². The van der Waals surface area contributed by atoms with Crippen molar-refractivity contribution in [2.45, 2.75) is 31.8 Å². The summed E-state index contributed by atoms with van der Waals surface area (Å²) < 4.78 is 10.4. The third-order valence-corrected chi connectivity index (χ3v) is 4.44. The molecule has 2 rings (SSSR count). The van der Waals surface area contributed by atoms with Crippen molar-refractivity contribution >= 4 is 11.6 Å². The molecule has 0 amide bonds. The van der Waals surface area contributed by atoms with Crippen molar-refractivity contribution in [2.24, 2.45) is 5.41 Å². The first-order valence-electron chi connectivity index (χ1n) is 6.59. The molecule has 0 radical (unpaired) electrons. The van der Waals surface area contributed by atoms with E-state index in [0.29, 0.717) is 34.9 Å². The van der Waals surface area contributed by atoms with Gasteiger partial charge in [-0.3, -0.25) is 0 Å². The average Bonchev–Trinajstić information content (AvgIpc) is 2.96. The second kappa shape index (κ2) is 5.90. The molecular weight excluding hydrogens is 278 g/mol. The minimum absolute atomic E-state index is 0.306. The molecule has 108 valence electrons. The van der Waals surface area contributed by atoms with E-state index in [0.717, 1.165) is 12.8 Å². The van der Waals surface area contributed by atoms with Crippen molar-refractivity contribution in [3.05, 3.63) is 22.7 Å². The highest BCUT2D eigenvalue weighted by atomic mass is 35.5. The maximum Gasteiger partial charge on any atom is 0.179 e. The van der Waals surface area contributed by atoms with Crippen molar-refractivity contribution in [1.82, 2.24) is 0 Å². The summed E-state index contributed by atoms with van der Waals surface area (Å²) in [6, 6.07) is 5.69. The zero-order chi connectivity index (χ0) is 14.8. The summed E-state index contributed by atoms with van der Waals surface area (Å²) in [7, 11) is 3.02. The Morgan fingerprint density at radius 1 is 1.30 bits per heavy atom. The van der Waals surface area contributed by atoms with E-state index >= 15 is 0 Å². The third kappa shape index (κ3) is 2.32. The summed E-state index contributed by atoms with van der Waals surface area (Å²) in [6.07, 6.45) is 2.37. The van der Waals surface area contributed by atoms with E-state index in [4.69, 9.17) is 21.1 Å². The van der Waals surface area contributed by atoms with Gasteiger partial charge < -0.3 is 14.6 Å². The predicted molar refractivity (Wildman–Crippen MR) is 76.0 cm³/mol. The van der Waals surface area contributed by atoms with Gasteiger partial charge in [-0.25, -0.2) is 0 Å². The van der Waals surface area contributed by atoms with E-state index in [1.165, 1.54) is 14.2 Å². The number of hydrogen-bond acceptors (Lipinski definition) is 4. The Hall–Kier alpha value is -1.44. The minimum Gasteiger partial charge on any atom is -0.493 e. The number of aliphatic hydroxyl groups excluding tert-OH is 1. The van der Waals surface area contributed by atoms with Gasteiger partial charge in [0.1, 0.15) is 0 Å². The number of halogens is 1. The van der Waals surface area contributed by atoms with Gasteiger partial charge >= 0.3 is 0 Å². The number of nitriles is 1. The lowest BCUT2D eigenvalue weighted by atomic mass is 9.78. The van der Waals surface area contributed by atoms with Gasteiger partial charge in [-0.15, -0.1) is 0 Å². The number of aliphatic hydroxyl groups is 1. The number of nitrogens with zero attached hydrogens (tertiary/aromatic N) is 1. The molecular formula is C15H18ClNO3. The molecule has 1 unspecified atom stereocenters. The molecule has 1 aliphatic carbocycles. The second-order valence-electron chi connectivity index (χ2n) is 5.08. The predicted octanol–water partition coefficient (Wildman–Crippen LogP) is 3.47. The summed E-state index contributed by atoms with van der Waals surface area (Å²) in [4.78, 5) is 0. The van der Waals surface area contributed by atoms with Gasteiger partial charge in [0.2, 0.25) is 0 Å². The van der Waals surface area contributed by atoms with Gasteiger partial charge in [-0.05, 0) is 18.9 Å². The normalized spacial score (nSPS) is 18.4. The highest BCUT2D eigenvalue weighted by molar-refractivity contribution is 6.33. The van der Waals surface area contributed by atoms with Gasteiger partial charge in [0.25, 0.3) is 0 Å². The SMILES string of the molecule is COc1ccc(C(O)C2(C#N)CCCC2)c(Cl)c1OC. The Labute approximate surface area is 123 Å². The largest absolute Gasteiger partial charge is 0.493 e. The summed E-state index contributed by atoms with van der Waals surface area (Å²) in [5.41, 5.74) is -0.226. The molecule has 0 bridgehead atoms. The Morgan fingerprint density at radius 2 is 1.95 bits per heavy atom. The molecule has 0 aliphatic heterocycles. The molecule has 20 heavy (non-hydrogen) atoms. The van der Waals surface area contributed by atoms with Crippen LogP contribution in [0.25, 0.3) is 0 Å². The second-order valence-corrected chi connectivity index (χ2v) is 5.46. The van der Waals surface area contributed by atoms with E-state index in [-0.39, 0.29) is 0 Å². The number of ether oxygens (including phenoxy) is 2. The first-order chi connectivity index (χ1) is 9.59. The summed E-state index contributed by atoms with van der Waals surface area (Å²) in [5, 5.41) is 20.4.